The highest BCUT2D eigenvalue weighted by Gasteiger charge is 2.35. The Morgan fingerprint density at radius 1 is 0.833 bits per heavy atom. The van der Waals surface area contributed by atoms with Crippen LogP contribution in [0.1, 0.15) is 44.4 Å². The Bertz CT molecular complexity index is 989. The lowest BCUT2D eigenvalue weighted by Gasteiger charge is -2.19. The van der Waals surface area contributed by atoms with E-state index >= 15 is 0 Å². The maximum absolute atomic E-state index is 13.4. The third-order valence-corrected chi connectivity index (χ3v) is 4.73. The predicted octanol–water partition coefficient (Wildman–Crippen LogP) is 6.84. The highest BCUT2D eigenvalue weighted by molar-refractivity contribution is 5.63. The van der Waals surface area contributed by atoms with Crippen LogP contribution in [-0.2, 0) is 18.0 Å². The average Bonchev–Trinajstić information content (AvgIpc) is 2.67. The largest absolute Gasteiger partial charge is 0.421 e. The molecule has 0 aliphatic heterocycles. The molecule has 3 aromatic rings. The molecule has 0 unspecified atom stereocenters. The molecule has 1 aromatic heterocycles. The SMILES string of the molecule is CCc1ccc(Nc2nc(Nc3ccc(C(C)(C)C)cc3)ncc2C(F)(F)F)cc1. The van der Waals surface area contributed by atoms with Crippen LogP contribution in [0.25, 0.3) is 0 Å². The molecule has 2 aromatic carbocycles. The van der Waals surface area contributed by atoms with Crippen LogP contribution in [0.15, 0.2) is 54.7 Å². The van der Waals surface area contributed by atoms with E-state index in [9.17, 15) is 13.2 Å². The Morgan fingerprint density at radius 2 is 1.40 bits per heavy atom. The van der Waals surface area contributed by atoms with Crippen LogP contribution >= 0.6 is 0 Å². The van der Waals surface area contributed by atoms with Gasteiger partial charge in [-0.3, -0.25) is 0 Å². The first-order valence-corrected chi connectivity index (χ1v) is 9.74. The van der Waals surface area contributed by atoms with E-state index in [0.717, 1.165) is 23.7 Å². The van der Waals surface area contributed by atoms with Crippen LogP contribution in [0, 0.1) is 0 Å². The van der Waals surface area contributed by atoms with Gasteiger partial charge >= 0.3 is 6.18 Å². The van der Waals surface area contributed by atoms with E-state index in [1.54, 1.807) is 12.1 Å². The Kier molecular flexibility index (Phi) is 6.01. The van der Waals surface area contributed by atoms with Gasteiger partial charge in [0, 0.05) is 17.6 Å². The lowest BCUT2D eigenvalue weighted by Crippen LogP contribution is -2.13. The molecule has 2 N–H and O–H groups in total. The van der Waals surface area contributed by atoms with Crippen molar-refractivity contribution in [2.75, 3.05) is 10.6 Å². The summed E-state index contributed by atoms with van der Waals surface area (Å²) in [5.41, 5.74) is 2.56. The summed E-state index contributed by atoms with van der Waals surface area (Å²) in [6.07, 6.45) is -2.93. The van der Waals surface area contributed by atoms with Crippen molar-refractivity contribution in [3.05, 3.63) is 71.4 Å². The van der Waals surface area contributed by atoms with Gasteiger partial charge in [0.05, 0.1) is 0 Å². The number of benzene rings is 2. The van der Waals surface area contributed by atoms with Crippen molar-refractivity contribution in [2.24, 2.45) is 0 Å². The van der Waals surface area contributed by atoms with Gasteiger partial charge in [0.25, 0.3) is 0 Å². The van der Waals surface area contributed by atoms with Crippen LogP contribution in [0.3, 0.4) is 0 Å². The van der Waals surface area contributed by atoms with Crippen LogP contribution in [0.5, 0.6) is 0 Å². The zero-order valence-electron chi connectivity index (χ0n) is 17.4. The van der Waals surface area contributed by atoms with E-state index in [4.69, 9.17) is 0 Å². The standard InChI is InChI=1S/C23H25F3N4/c1-5-15-6-10-17(11-7-15)28-20-19(23(24,25)26)14-27-21(30-20)29-18-12-8-16(9-13-18)22(2,3)4/h6-14H,5H2,1-4H3,(H2,27,28,29,30). The second-order valence-electron chi connectivity index (χ2n) is 8.08. The molecule has 0 spiro atoms. The Morgan fingerprint density at radius 3 is 1.93 bits per heavy atom. The lowest BCUT2D eigenvalue weighted by atomic mass is 9.87. The van der Waals surface area contributed by atoms with Crippen molar-refractivity contribution in [2.45, 2.75) is 45.7 Å². The van der Waals surface area contributed by atoms with Gasteiger partial charge in [-0.1, -0.05) is 52.0 Å². The fraction of sp³-hybridized carbons (Fsp3) is 0.304. The molecule has 0 saturated carbocycles. The average molecular weight is 414 g/mol. The first kappa shape index (κ1) is 21.6. The molecule has 0 saturated heterocycles. The third kappa shape index (κ3) is 5.28. The molecule has 30 heavy (non-hydrogen) atoms. The molecule has 0 fully saturated rings. The quantitative estimate of drug-likeness (QED) is 0.480. The van der Waals surface area contributed by atoms with Crippen LogP contribution in [-0.4, -0.2) is 9.97 Å². The van der Waals surface area contributed by atoms with Gasteiger partial charge in [0.2, 0.25) is 5.95 Å². The van der Waals surface area contributed by atoms with E-state index in [1.807, 2.05) is 43.3 Å². The molecule has 0 aliphatic rings. The minimum absolute atomic E-state index is 0.00774. The van der Waals surface area contributed by atoms with Crippen molar-refractivity contribution in [3.63, 3.8) is 0 Å². The van der Waals surface area contributed by atoms with E-state index in [0.29, 0.717) is 11.4 Å². The number of hydrogen-bond acceptors (Lipinski definition) is 4. The van der Waals surface area contributed by atoms with Crippen molar-refractivity contribution in [1.29, 1.82) is 0 Å². The van der Waals surface area contributed by atoms with Crippen LogP contribution in [0.4, 0.5) is 36.3 Å². The summed E-state index contributed by atoms with van der Waals surface area (Å²) in [4.78, 5) is 7.95. The summed E-state index contributed by atoms with van der Waals surface area (Å²) < 4.78 is 40.3. The predicted molar refractivity (Wildman–Crippen MR) is 115 cm³/mol. The second-order valence-corrected chi connectivity index (χ2v) is 8.08. The summed E-state index contributed by atoms with van der Waals surface area (Å²) in [6, 6.07) is 14.9. The summed E-state index contributed by atoms with van der Waals surface area (Å²) >= 11 is 0. The number of anilines is 4. The molecular formula is C23H25F3N4. The van der Waals surface area contributed by atoms with Crippen molar-refractivity contribution >= 4 is 23.1 Å². The molecule has 158 valence electrons. The van der Waals surface area contributed by atoms with Crippen LogP contribution < -0.4 is 10.6 Å². The first-order chi connectivity index (χ1) is 14.1. The van der Waals surface area contributed by atoms with Gasteiger partial charge in [-0.25, -0.2) is 4.98 Å². The third-order valence-electron chi connectivity index (χ3n) is 4.73. The van der Waals surface area contributed by atoms with E-state index < -0.39 is 11.7 Å². The fourth-order valence-corrected chi connectivity index (χ4v) is 2.89. The highest BCUT2D eigenvalue weighted by atomic mass is 19.4. The summed E-state index contributed by atoms with van der Waals surface area (Å²) in [5.74, 6) is -0.213. The van der Waals surface area contributed by atoms with E-state index in [-0.39, 0.29) is 17.2 Å². The van der Waals surface area contributed by atoms with Gasteiger partial charge < -0.3 is 10.6 Å². The maximum Gasteiger partial charge on any atom is 0.421 e. The van der Waals surface area contributed by atoms with E-state index in [2.05, 4.69) is 41.4 Å². The Hall–Kier alpha value is -3.09. The van der Waals surface area contributed by atoms with Gasteiger partial charge in [0.1, 0.15) is 11.4 Å². The molecule has 0 atom stereocenters. The Labute approximate surface area is 174 Å². The smallest absolute Gasteiger partial charge is 0.340 e. The normalized spacial score (nSPS) is 12.0. The highest BCUT2D eigenvalue weighted by Crippen LogP contribution is 2.35. The Balaban J connectivity index is 1.88. The number of nitrogens with zero attached hydrogens (tertiary/aromatic N) is 2. The molecular weight excluding hydrogens is 389 g/mol. The number of rotatable bonds is 5. The monoisotopic (exact) mass is 414 g/mol. The van der Waals surface area contributed by atoms with E-state index in [1.165, 1.54) is 0 Å². The van der Waals surface area contributed by atoms with Gasteiger partial charge in [-0.2, -0.15) is 18.2 Å². The zero-order valence-corrected chi connectivity index (χ0v) is 17.4. The lowest BCUT2D eigenvalue weighted by molar-refractivity contribution is -0.137. The fourth-order valence-electron chi connectivity index (χ4n) is 2.89. The minimum atomic E-state index is -4.57. The van der Waals surface area contributed by atoms with Crippen LogP contribution in [0.2, 0.25) is 0 Å². The summed E-state index contributed by atoms with van der Waals surface area (Å²) in [7, 11) is 0. The number of aromatic nitrogens is 2. The molecule has 3 rings (SSSR count). The van der Waals surface area contributed by atoms with Gasteiger partial charge in [0.15, 0.2) is 0 Å². The number of aryl methyl sites for hydroxylation is 1. The summed E-state index contributed by atoms with van der Waals surface area (Å²) in [5, 5.41) is 5.75. The molecule has 0 radical (unpaired) electrons. The topological polar surface area (TPSA) is 49.8 Å². The molecule has 1 heterocycles. The molecule has 4 nitrogen and oxygen atoms in total. The first-order valence-electron chi connectivity index (χ1n) is 9.74. The van der Waals surface area contributed by atoms with Crippen molar-refractivity contribution in [3.8, 4) is 0 Å². The number of halogens is 3. The van der Waals surface area contributed by atoms with Gasteiger partial charge in [-0.15, -0.1) is 0 Å². The second kappa shape index (κ2) is 8.34. The molecule has 0 bridgehead atoms. The molecule has 7 heteroatoms. The summed E-state index contributed by atoms with van der Waals surface area (Å²) in [6.45, 7) is 8.35. The van der Waals surface area contributed by atoms with Gasteiger partial charge in [-0.05, 0) is 47.2 Å². The maximum atomic E-state index is 13.4. The van der Waals surface area contributed by atoms with Crippen molar-refractivity contribution < 1.29 is 13.2 Å². The number of alkyl halides is 3. The minimum Gasteiger partial charge on any atom is -0.340 e. The molecule has 0 aliphatic carbocycles. The zero-order chi connectivity index (χ0) is 21.9. The number of nitrogens with one attached hydrogen (secondary N) is 2. The molecule has 0 amide bonds. The van der Waals surface area contributed by atoms with Crippen molar-refractivity contribution in [1.82, 2.24) is 9.97 Å². The number of hydrogen-bond donors (Lipinski definition) is 2.